The van der Waals surface area contributed by atoms with Gasteiger partial charge in [0.1, 0.15) is 5.82 Å². The molecule has 0 spiro atoms. The largest absolute Gasteiger partial charge is 0.372 e. The predicted molar refractivity (Wildman–Crippen MR) is 125 cm³/mol. The highest BCUT2D eigenvalue weighted by Gasteiger charge is 2.14. The molecule has 5 heteroatoms. The number of nitrogens with zero attached hydrogens (tertiary/aromatic N) is 4. The zero-order chi connectivity index (χ0) is 20.3. The van der Waals surface area contributed by atoms with Crippen molar-refractivity contribution in [3.05, 3.63) is 54.7 Å². The van der Waals surface area contributed by atoms with Crippen LogP contribution in [0.15, 0.2) is 54.7 Å². The second-order valence-corrected chi connectivity index (χ2v) is 8.40. The van der Waals surface area contributed by atoms with Crippen LogP contribution in [-0.2, 0) is 7.05 Å². The summed E-state index contributed by atoms with van der Waals surface area (Å²) in [7, 11) is 2.11. The van der Waals surface area contributed by atoms with Gasteiger partial charge in [-0.2, -0.15) is 0 Å². The van der Waals surface area contributed by atoms with Crippen molar-refractivity contribution in [2.75, 3.05) is 49.1 Å². The molecule has 2 saturated heterocycles. The van der Waals surface area contributed by atoms with Crippen molar-refractivity contribution in [3.8, 4) is 22.6 Å². The second kappa shape index (κ2) is 8.52. The van der Waals surface area contributed by atoms with Crippen LogP contribution in [0.3, 0.4) is 0 Å². The van der Waals surface area contributed by atoms with Gasteiger partial charge in [0.25, 0.3) is 0 Å². The Morgan fingerprint density at radius 1 is 0.700 bits per heavy atom. The molecule has 3 aromatic rings. The third kappa shape index (κ3) is 3.82. The van der Waals surface area contributed by atoms with Crippen LogP contribution < -0.4 is 15.1 Å². The Kier molecular flexibility index (Phi) is 5.45. The molecule has 3 heterocycles. The Morgan fingerprint density at radius 3 is 1.90 bits per heavy atom. The average molecular weight is 402 g/mol. The van der Waals surface area contributed by atoms with Gasteiger partial charge in [-0.05, 0) is 61.2 Å². The number of nitrogens with one attached hydrogen (secondary N) is 1. The summed E-state index contributed by atoms with van der Waals surface area (Å²) in [6.07, 6.45) is 5.96. The highest BCUT2D eigenvalue weighted by atomic mass is 15.2. The molecule has 0 saturated carbocycles. The van der Waals surface area contributed by atoms with Gasteiger partial charge in [0.2, 0.25) is 0 Å². The van der Waals surface area contributed by atoms with E-state index in [0.717, 1.165) is 37.7 Å². The molecular weight excluding hydrogens is 370 g/mol. The Bertz CT molecular complexity index is 883. The Morgan fingerprint density at radius 2 is 1.27 bits per heavy atom. The first kappa shape index (κ1) is 19.2. The summed E-state index contributed by atoms with van der Waals surface area (Å²) in [5.74, 6) is 1.02. The lowest BCUT2D eigenvalue weighted by Crippen LogP contribution is -2.43. The van der Waals surface area contributed by atoms with Crippen molar-refractivity contribution in [2.45, 2.75) is 19.3 Å². The van der Waals surface area contributed by atoms with Crippen LogP contribution in [0.5, 0.6) is 0 Å². The summed E-state index contributed by atoms with van der Waals surface area (Å²) in [5, 5.41) is 3.41. The number of piperazine rings is 1. The lowest BCUT2D eigenvalue weighted by Gasteiger charge is -2.29. The monoisotopic (exact) mass is 401 g/mol. The van der Waals surface area contributed by atoms with E-state index in [4.69, 9.17) is 4.98 Å². The summed E-state index contributed by atoms with van der Waals surface area (Å²) in [4.78, 5) is 9.69. The van der Waals surface area contributed by atoms with Gasteiger partial charge in [-0.15, -0.1) is 0 Å². The maximum atomic E-state index is 4.75. The summed E-state index contributed by atoms with van der Waals surface area (Å²) in [6, 6.07) is 17.8. The fraction of sp³-hybridized carbons (Fsp3) is 0.400. The molecule has 0 bridgehead atoms. The van der Waals surface area contributed by atoms with E-state index >= 15 is 0 Å². The first-order chi connectivity index (χ1) is 14.8. The molecule has 0 radical (unpaired) electrons. The van der Waals surface area contributed by atoms with Crippen LogP contribution in [0.4, 0.5) is 11.4 Å². The van der Waals surface area contributed by atoms with Crippen molar-refractivity contribution in [2.24, 2.45) is 7.05 Å². The average Bonchev–Trinajstić information content (AvgIpc) is 3.22. The molecule has 1 aromatic heterocycles. The topological polar surface area (TPSA) is 36.3 Å². The molecule has 0 aliphatic carbocycles. The van der Waals surface area contributed by atoms with Gasteiger partial charge in [-0.1, -0.05) is 12.1 Å². The number of imidazole rings is 1. The van der Waals surface area contributed by atoms with Crippen molar-refractivity contribution >= 4 is 11.4 Å². The minimum atomic E-state index is 1.02. The van der Waals surface area contributed by atoms with E-state index in [-0.39, 0.29) is 0 Å². The normalized spacial score (nSPS) is 17.4. The summed E-state index contributed by atoms with van der Waals surface area (Å²) < 4.78 is 2.20. The fourth-order valence-electron chi connectivity index (χ4n) is 4.69. The van der Waals surface area contributed by atoms with Gasteiger partial charge in [0.05, 0.1) is 11.9 Å². The van der Waals surface area contributed by atoms with Gasteiger partial charge in [0.15, 0.2) is 0 Å². The Balaban J connectivity index is 1.34. The smallest absolute Gasteiger partial charge is 0.140 e. The van der Waals surface area contributed by atoms with E-state index in [2.05, 4.69) is 75.3 Å². The van der Waals surface area contributed by atoms with Crippen LogP contribution in [0.1, 0.15) is 19.3 Å². The predicted octanol–water partition coefficient (Wildman–Crippen LogP) is 4.15. The maximum absolute atomic E-state index is 4.75. The molecule has 2 aromatic carbocycles. The first-order valence-electron chi connectivity index (χ1n) is 11.2. The van der Waals surface area contributed by atoms with Gasteiger partial charge in [0, 0.05) is 63.3 Å². The molecule has 5 rings (SSSR count). The molecule has 0 amide bonds. The van der Waals surface area contributed by atoms with Gasteiger partial charge in [-0.3, -0.25) is 0 Å². The number of anilines is 2. The summed E-state index contributed by atoms with van der Waals surface area (Å²) >= 11 is 0. The SMILES string of the molecule is Cn1c(-c2ccc(N3CCNCC3)cc2)cnc1-c1ccc(N2CCCCC2)cc1. The summed E-state index contributed by atoms with van der Waals surface area (Å²) in [6.45, 7) is 6.61. The third-order valence-corrected chi connectivity index (χ3v) is 6.48. The molecule has 2 fully saturated rings. The second-order valence-electron chi connectivity index (χ2n) is 8.40. The van der Waals surface area contributed by atoms with E-state index in [1.807, 2.05) is 6.20 Å². The van der Waals surface area contributed by atoms with Crippen molar-refractivity contribution in [3.63, 3.8) is 0 Å². The lowest BCUT2D eigenvalue weighted by atomic mass is 10.1. The number of benzene rings is 2. The number of piperidine rings is 1. The van der Waals surface area contributed by atoms with Crippen molar-refractivity contribution in [1.29, 1.82) is 0 Å². The van der Waals surface area contributed by atoms with Crippen molar-refractivity contribution in [1.82, 2.24) is 14.9 Å². The highest BCUT2D eigenvalue weighted by molar-refractivity contribution is 5.69. The van der Waals surface area contributed by atoms with E-state index in [9.17, 15) is 0 Å². The van der Waals surface area contributed by atoms with Gasteiger partial charge >= 0.3 is 0 Å². The number of hydrogen-bond acceptors (Lipinski definition) is 4. The van der Waals surface area contributed by atoms with Gasteiger partial charge in [-0.25, -0.2) is 4.98 Å². The van der Waals surface area contributed by atoms with Crippen LogP contribution in [0, 0.1) is 0 Å². The summed E-state index contributed by atoms with van der Waals surface area (Å²) in [5.41, 5.74) is 6.16. The number of hydrogen-bond donors (Lipinski definition) is 1. The third-order valence-electron chi connectivity index (χ3n) is 6.48. The molecule has 0 unspecified atom stereocenters. The first-order valence-corrected chi connectivity index (χ1v) is 11.2. The van der Waals surface area contributed by atoms with E-state index < -0.39 is 0 Å². The minimum Gasteiger partial charge on any atom is -0.372 e. The minimum absolute atomic E-state index is 1.02. The zero-order valence-electron chi connectivity index (χ0n) is 17.8. The molecular formula is C25H31N5. The van der Waals surface area contributed by atoms with E-state index in [0.29, 0.717) is 0 Å². The molecule has 156 valence electrons. The molecule has 2 aliphatic heterocycles. The zero-order valence-corrected chi connectivity index (χ0v) is 17.8. The quantitative estimate of drug-likeness (QED) is 0.712. The lowest BCUT2D eigenvalue weighted by molar-refractivity contribution is 0.578. The van der Waals surface area contributed by atoms with Crippen LogP contribution in [0.25, 0.3) is 22.6 Å². The highest BCUT2D eigenvalue weighted by Crippen LogP contribution is 2.29. The number of aromatic nitrogens is 2. The van der Waals surface area contributed by atoms with E-state index in [1.54, 1.807) is 0 Å². The van der Waals surface area contributed by atoms with Crippen molar-refractivity contribution < 1.29 is 0 Å². The van der Waals surface area contributed by atoms with Gasteiger partial charge < -0.3 is 19.7 Å². The molecule has 30 heavy (non-hydrogen) atoms. The fourth-order valence-corrected chi connectivity index (χ4v) is 4.69. The number of rotatable bonds is 4. The van der Waals surface area contributed by atoms with Crippen LogP contribution in [0.2, 0.25) is 0 Å². The van der Waals surface area contributed by atoms with E-state index in [1.165, 1.54) is 54.9 Å². The molecule has 0 atom stereocenters. The molecule has 2 aliphatic rings. The maximum Gasteiger partial charge on any atom is 0.140 e. The Hall–Kier alpha value is -2.79. The van der Waals surface area contributed by atoms with Crippen LogP contribution in [-0.4, -0.2) is 48.8 Å². The molecule has 1 N–H and O–H groups in total. The molecule has 5 nitrogen and oxygen atoms in total. The standard InChI is InChI=1S/C25H31N5/c1-28-24(20-5-9-23(10-6-20)30-17-13-26-14-18-30)19-27-25(28)21-7-11-22(12-8-21)29-15-3-2-4-16-29/h5-12,19,26H,2-4,13-18H2,1H3. The Labute approximate surface area is 179 Å². The van der Waals surface area contributed by atoms with Crippen LogP contribution >= 0.6 is 0 Å².